The largest absolute Gasteiger partial charge is 0.491 e. The second kappa shape index (κ2) is 6.09. The van der Waals surface area contributed by atoms with Gasteiger partial charge in [0.25, 0.3) is 0 Å². The number of aromatic nitrogens is 2. The molecule has 1 heterocycles. The molecule has 1 aromatic carbocycles. The number of benzene rings is 1. The van der Waals surface area contributed by atoms with Crippen LogP contribution in [0.3, 0.4) is 0 Å². The zero-order valence-corrected chi connectivity index (χ0v) is 12.5. The molecule has 0 saturated heterocycles. The van der Waals surface area contributed by atoms with Crippen LogP contribution in [0.15, 0.2) is 30.3 Å². The second-order valence-electron chi connectivity index (χ2n) is 5.36. The molecule has 4 heteroatoms. The molecule has 0 aliphatic rings. The van der Waals surface area contributed by atoms with E-state index in [0.717, 1.165) is 22.7 Å². The molecule has 2 rings (SSSR count). The summed E-state index contributed by atoms with van der Waals surface area (Å²) in [4.78, 5) is 0. The lowest BCUT2D eigenvalue weighted by atomic mass is 10.0. The lowest BCUT2D eigenvalue weighted by Crippen LogP contribution is -2.08. The molecule has 0 radical (unpaired) electrons. The smallest absolute Gasteiger partial charge is 0.120 e. The average Bonchev–Trinajstić information content (AvgIpc) is 2.67. The van der Waals surface area contributed by atoms with Crippen molar-refractivity contribution >= 4 is 0 Å². The van der Waals surface area contributed by atoms with Gasteiger partial charge in [0.2, 0.25) is 0 Å². The zero-order chi connectivity index (χ0) is 14.7. The summed E-state index contributed by atoms with van der Waals surface area (Å²) >= 11 is 0. The van der Waals surface area contributed by atoms with Crippen molar-refractivity contribution in [3.8, 4) is 5.75 Å². The van der Waals surface area contributed by atoms with E-state index in [-0.39, 0.29) is 6.10 Å². The van der Waals surface area contributed by atoms with E-state index in [2.05, 4.69) is 5.10 Å². The minimum atomic E-state index is -0.555. The summed E-state index contributed by atoms with van der Waals surface area (Å²) in [5, 5.41) is 14.7. The van der Waals surface area contributed by atoms with E-state index in [1.165, 1.54) is 0 Å². The van der Waals surface area contributed by atoms with Crippen molar-refractivity contribution in [2.24, 2.45) is 7.05 Å². The number of rotatable bonds is 5. The zero-order valence-electron chi connectivity index (χ0n) is 12.5. The SMILES string of the molecule is Cc1cc(CC(O)c2cccc(OC(C)C)c2)n(C)n1. The third-order valence-corrected chi connectivity index (χ3v) is 3.12. The fraction of sp³-hybridized carbons (Fsp3) is 0.438. The molecule has 2 aromatic rings. The molecule has 4 nitrogen and oxygen atoms in total. The summed E-state index contributed by atoms with van der Waals surface area (Å²) in [5.74, 6) is 0.790. The van der Waals surface area contributed by atoms with Gasteiger partial charge in [-0.1, -0.05) is 12.1 Å². The van der Waals surface area contributed by atoms with Crippen LogP contribution in [0.5, 0.6) is 5.75 Å². The Hall–Kier alpha value is -1.81. The second-order valence-corrected chi connectivity index (χ2v) is 5.36. The summed E-state index contributed by atoms with van der Waals surface area (Å²) in [7, 11) is 1.90. The van der Waals surface area contributed by atoms with Crippen LogP contribution >= 0.6 is 0 Å². The van der Waals surface area contributed by atoms with Crippen LogP contribution in [0.1, 0.15) is 36.9 Å². The lowest BCUT2D eigenvalue weighted by Gasteiger charge is -2.14. The van der Waals surface area contributed by atoms with E-state index in [1.54, 1.807) is 0 Å². The Morgan fingerprint density at radius 2 is 2.05 bits per heavy atom. The first kappa shape index (κ1) is 14.6. The molecule has 0 spiro atoms. The number of hydrogen-bond donors (Lipinski definition) is 1. The summed E-state index contributed by atoms with van der Waals surface area (Å²) in [6, 6.07) is 9.63. The molecule has 20 heavy (non-hydrogen) atoms. The Kier molecular flexibility index (Phi) is 4.45. The van der Waals surface area contributed by atoms with Gasteiger partial charge in [-0.2, -0.15) is 5.10 Å². The third kappa shape index (κ3) is 3.61. The third-order valence-electron chi connectivity index (χ3n) is 3.12. The van der Waals surface area contributed by atoms with Gasteiger partial charge in [-0.25, -0.2) is 0 Å². The topological polar surface area (TPSA) is 47.3 Å². The van der Waals surface area contributed by atoms with Gasteiger partial charge in [-0.15, -0.1) is 0 Å². The molecule has 1 unspecified atom stereocenters. The molecular formula is C16H22N2O2. The number of nitrogens with zero attached hydrogens (tertiary/aromatic N) is 2. The minimum Gasteiger partial charge on any atom is -0.491 e. The van der Waals surface area contributed by atoms with E-state index < -0.39 is 6.10 Å². The fourth-order valence-electron chi connectivity index (χ4n) is 2.24. The summed E-state index contributed by atoms with van der Waals surface area (Å²) in [6.45, 7) is 5.93. The van der Waals surface area contributed by atoms with Crippen LogP contribution in [-0.2, 0) is 13.5 Å². The first-order valence-electron chi connectivity index (χ1n) is 6.90. The van der Waals surface area contributed by atoms with E-state index in [1.807, 2.05) is 62.8 Å². The fourth-order valence-corrected chi connectivity index (χ4v) is 2.24. The Balaban J connectivity index is 2.12. The quantitative estimate of drug-likeness (QED) is 0.912. The van der Waals surface area contributed by atoms with Crippen molar-refractivity contribution < 1.29 is 9.84 Å². The molecule has 0 aliphatic heterocycles. The van der Waals surface area contributed by atoms with E-state index >= 15 is 0 Å². The van der Waals surface area contributed by atoms with Gasteiger partial charge < -0.3 is 9.84 Å². The van der Waals surface area contributed by atoms with Gasteiger partial charge in [-0.3, -0.25) is 4.68 Å². The van der Waals surface area contributed by atoms with Crippen molar-refractivity contribution in [2.45, 2.75) is 39.4 Å². The van der Waals surface area contributed by atoms with Gasteiger partial charge in [0, 0.05) is 19.2 Å². The maximum atomic E-state index is 10.4. The Morgan fingerprint density at radius 3 is 2.65 bits per heavy atom. The molecule has 0 bridgehead atoms. The van der Waals surface area contributed by atoms with Crippen LogP contribution in [-0.4, -0.2) is 21.0 Å². The van der Waals surface area contributed by atoms with E-state index in [4.69, 9.17) is 4.74 Å². The van der Waals surface area contributed by atoms with Crippen LogP contribution in [0, 0.1) is 6.92 Å². The summed E-state index contributed by atoms with van der Waals surface area (Å²) < 4.78 is 7.47. The molecule has 108 valence electrons. The van der Waals surface area contributed by atoms with Gasteiger partial charge in [0.05, 0.1) is 17.9 Å². The van der Waals surface area contributed by atoms with Crippen molar-refractivity contribution in [1.82, 2.24) is 9.78 Å². The number of aliphatic hydroxyl groups excluding tert-OH is 1. The molecule has 1 atom stereocenters. The Labute approximate surface area is 120 Å². The Morgan fingerprint density at radius 1 is 1.30 bits per heavy atom. The van der Waals surface area contributed by atoms with Crippen LogP contribution in [0.4, 0.5) is 0 Å². The summed E-state index contributed by atoms with van der Waals surface area (Å²) in [6.07, 6.45) is 0.116. The molecule has 0 amide bonds. The predicted molar refractivity (Wildman–Crippen MR) is 78.8 cm³/mol. The van der Waals surface area contributed by atoms with Crippen molar-refractivity contribution in [3.63, 3.8) is 0 Å². The van der Waals surface area contributed by atoms with Crippen LogP contribution in [0.2, 0.25) is 0 Å². The molecule has 1 aromatic heterocycles. The normalized spacial score (nSPS) is 12.7. The first-order valence-corrected chi connectivity index (χ1v) is 6.90. The molecular weight excluding hydrogens is 252 g/mol. The van der Waals surface area contributed by atoms with Gasteiger partial charge in [-0.05, 0) is 44.5 Å². The van der Waals surface area contributed by atoms with Crippen molar-refractivity contribution in [2.75, 3.05) is 0 Å². The molecule has 0 fully saturated rings. The lowest BCUT2D eigenvalue weighted by molar-refractivity contribution is 0.174. The molecule has 0 aliphatic carbocycles. The monoisotopic (exact) mass is 274 g/mol. The highest BCUT2D eigenvalue weighted by Gasteiger charge is 2.13. The number of aryl methyl sites for hydroxylation is 2. The number of aliphatic hydroxyl groups is 1. The number of ether oxygens (including phenoxy) is 1. The van der Waals surface area contributed by atoms with Gasteiger partial charge in [0.1, 0.15) is 5.75 Å². The van der Waals surface area contributed by atoms with Crippen molar-refractivity contribution in [3.05, 3.63) is 47.3 Å². The van der Waals surface area contributed by atoms with Crippen molar-refractivity contribution in [1.29, 1.82) is 0 Å². The Bertz CT molecular complexity index is 576. The highest BCUT2D eigenvalue weighted by atomic mass is 16.5. The van der Waals surface area contributed by atoms with Crippen LogP contribution in [0.25, 0.3) is 0 Å². The maximum Gasteiger partial charge on any atom is 0.120 e. The standard InChI is InChI=1S/C16H22N2O2/c1-11(2)20-15-7-5-6-13(9-15)16(19)10-14-8-12(3)17-18(14)4/h5-9,11,16,19H,10H2,1-4H3. The highest BCUT2D eigenvalue weighted by molar-refractivity contribution is 5.30. The van der Waals surface area contributed by atoms with E-state index in [0.29, 0.717) is 6.42 Å². The van der Waals surface area contributed by atoms with Gasteiger partial charge >= 0.3 is 0 Å². The highest BCUT2D eigenvalue weighted by Crippen LogP contribution is 2.23. The maximum absolute atomic E-state index is 10.4. The molecule has 0 saturated carbocycles. The van der Waals surface area contributed by atoms with Gasteiger partial charge in [0.15, 0.2) is 0 Å². The van der Waals surface area contributed by atoms with Crippen LogP contribution < -0.4 is 4.74 Å². The average molecular weight is 274 g/mol. The predicted octanol–water partition coefficient (Wildman–Crippen LogP) is 2.79. The minimum absolute atomic E-state index is 0.127. The summed E-state index contributed by atoms with van der Waals surface area (Å²) in [5.41, 5.74) is 2.85. The first-order chi connectivity index (χ1) is 9.45. The van der Waals surface area contributed by atoms with E-state index in [9.17, 15) is 5.11 Å². The number of hydrogen-bond acceptors (Lipinski definition) is 3. The molecule has 1 N–H and O–H groups in total.